The van der Waals surface area contributed by atoms with Gasteiger partial charge in [-0.1, -0.05) is 63.1 Å². The molecule has 0 unspecified atom stereocenters. The third-order valence-corrected chi connectivity index (χ3v) is 8.76. The van der Waals surface area contributed by atoms with E-state index in [1.807, 2.05) is 13.0 Å². The molecule has 196 valence electrons. The Balaban J connectivity index is 1.36. The molecule has 0 heterocycles. The van der Waals surface area contributed by atoms with E-state index >= 15 is 0 Å². The molecule has 0 amide bonds. The van der Waals surface area contributed by atoms with E-state index in [1.54, 1.807) is 30.3 Å². The monoisotopic (exact) mass is 500 g/mol. The van der Waals surface area contributed by atoms with Crippen LogP contribution in [-0.2, 0) is 6.42 Å². The highest BCUT2D eigenvalue weighted by molar-refractivity contribution is 5.52. The molecule has 0 bridgehead atoms. The Labute approximate surface area is 214 Å². The Morgan fingerprint density at radius 3 is 1.89 bits per heavy atom. The lowest BCUT2D eigenvalue weighted by molar-refractivity contribution is 0.312. The van der Waals surface area contributed by atoms with Gasteiger partial charge in [0, 0.05) is 5.56 Å². The van der Waals surface area contributed by atoms with Crippen molar-refractivity contribution in [2.75, 3.05) is 0 Å². The minimum atomic E-state index is -0.754. The van der Waals surface area contributed by atoms with Crippen LogP contribution >= 0.6 is 0 Å². The maximum atomic E-state index is 14.9. The minimum absolute atomic E-state index is 0.000591. The Morgan fingerprint density at radius 1 is 0.694 bits per heavy atom. The average Bonchev–Trinajstić information content (AvgIpc) is 2.91. The van der Waals surface area contributed by atoms with E-state index < -0.39 is 23.3 Å². The van der Waals surface area contributed by atoms with E-state index in [-0.39, 0.29) is 23.3 Å². The standard InChI is InChI=1S/C32H40F4/c1-3-5-6-25-17-19-27(31(35)29(25)33)24-14-9-22(10-15-24)11-16-26-18-20-28(32(36)30(26)34)23-12-7-21(4-2)8-13-23/h11,16-24H,3-10,12-15H2,1-2H3/b16-11+. The summed E-state index contributed by atoms with van der Waals surface area (Å²) in [6, 6.07) is 6.98. The molecule has 0 N–H and O–H groups in total. The molecule has 0 saturated heterocycles. The highest BCUT2D eigenvalue weighted by Crippen LogP contribution is 2.40. The topological polar surface area (TPSA) is 0 Å². The summed E-state index contributed by atoms with van der Waals surface area (Å²) >= 11 is 0. The van der Waals surface area contributed by atoms with E-state index in [2.05, 4.69) is 6.92 Å². The molecule has 0 nitrogen and oxygen atoms in total. The van der Waals surface area contributed by atoms with Crippen molar-refractivity contribution in [1.82, 2.24) is 0 Å². The molecular weight excluding hydrogens is 460 g/mol. The molecule has 0 spiro atoms. The summed E-state index contributed by atoms with van der Waals surface area (Å²) in [5, 5.41) is 0. The van der Waals surface area contributed by atoms with Crippen LogP contribution in [0.1, 0.15) is 119 Å². The van der Waals surface area contributed by atoms with Crippen LogP contribution in [0.15, 0.2) is 30.3 Å². The first-order valence-electron chi connectivity index (χ1n) is 14.1. The predicted molar refractivity (Wildman–Crippen MR) is 140 cm³/mol. The summed E-state index contributed by atoms with van der Waals surface area (Å²) in [6.45, 7) is 4.23. The minimum Gasteiger partial charge on any atom is -0.203 e. The summed E-state index contributed by atoms with van der Waals surface area (Å²) in [5.74, 6) is -1.78. The van der Waals surface area contributed by atoms with Crippen LogP contribution < -0.4 is 0 Å². The second kappa shape index (κ2) is 12.4. The van der Waals surface area contributed by atoms with Crippen molar-refractivity contribution < 1.29 is 17.6 Å². The van der Waals surface area contributed by atoms with Crippen molar-refractivity contribution in [2.45, 2.75) is 103 Å². The van der Waals surface area contributed by atoms with Crippen molar-refractivity contribution in [1.29, 1.82) is 0 Å². The quantitative estimate of drug-likeness (QED) is 0.316. The zero-order valence-corrected chi connectivity index (χ0v) is 21.8. The van der Waals surface area contributed by atoms with Gasteiger partial charge in [-0.3, -0.25) is 0 Å². The number of benzene rings is 2. The van der Waals surface area contributed by atoms with Crippen molar-refractivity contribution in [3.8, 4) is 0 Å². The molecule has 0 radical (unpaired) electrons. The summed E-state index contributed by atoms with van der Waals surface area (Å²) in [4.78, 5) is 0. The molecule has 2 fully saturated rings. The first kappa shape index (κ1) is 26.9. The predicted octanol–water partition coefficient (Wildman–Crippen LogP) is 10.3. The van der Waals surface area contributed by atoms with Gasteiger partial charge in [0.2, 0.25) is 0 Å². The van der Waals surface area contributed by atoms with E-state index in [9.17, 15) is 17.6 Å². The highest BCUT2D eigenvalue weighted by atomic mass is 19.2. The lowest BCUT2D eigenvalue weighted by Crippen LogP contribution is -2.14. The number of allylic oxidation sites excluding steroid dienone is 1. The number of hydrogen-bond acceptors (Lipinski definition) is 0. The van der Waals surface area contributed by atoms with Gasteiger partial charge in [0.05, 0.1) is 0 Å². The van der Waals surface area contributed by atoms with Crippen molar-refractivity contribution in [2.24, 2.45) is 11.8 Å². The molecule has 2 aliphatic rings. The first-order chi connectivity index (χ1) is 17.4. The summed E-state index contributed by atoms with van der Waals surface area (Å²) in [7, 11) is 0. The Bertz CT molecular complexity index is 1040. The van der Waals surface area contributed by atoms with Gasteiger partial charge in [-0.2, -0.15) is 0 Å². The number of unbranched alkanes of at least 4 members (excludes halogenated alkanes) is 1. The van der Waals surface area contributed by atoms with Crippen molar-refractivity contribution >= 4 is 6.08 Å². The van der Waals surface area contributed by atoms with E-state index in [1.165, 1.54) is 0 Å². The molecule has 2 aromatic carbocycles. The van der Waals surface area contributed by atoms with Gasteiger partial charge < -0.3 is 0 Å². The molecule has 4 heteroatoms. The fourth-order valence-electron chi connectivity index (χ4n) is 6.25. The van der Waals surface area contributed by atoms with Crippen LogP contribution in [0, 0.1) is 35.1 Å². The van der Waals surface area contributed by atoms with Gasteiger partial charge in [0.1, 0.15) is 0 Å². The van der Waals surface area contributed by atoms with Crippen LogP contribution in [0.2, 0.25) is 0 Å². The third kappa shape index (κ3) is 6.06. The molecule has 2 aliphatic carbocycles. The van der Waals surface area contributed by atoms with Crippen LogP contribution in [-0.4, -0.2) is 0 Å². The van der Waals surface area contributed by atoms with Crippen molar-refractivity contribution in [3.05, 3.63) is 75.9 Å². The van der Waals surface area contributed by atoms with Crippen LogP contribution in [0.5, 0.6) is 0 Å². The molecule has 4 rings (SSSR count). The van der Waals surface area contributed by atoms with E-state index in [0.717, 1.165) is 70.6 Å². The second-order valence-electron chi connectivity index (χ2n) is 11.0. The summed E-state index contributed by atoms with van der Waals surface area (Å²) in [6.07, 6.45) is 14.4. The fourth-order valence-corrected chi connectivity index (χ4v) is 6.25. The number of hydrogen-bond donors (Lipinski definition) is 0. The lowest BCUT2D eigenvalue weighted by atomic mass is 9.77. The van der Waals surface area contributed by atoms with Crippen LogP contribution in [0.4, 0.5) is 17.6 Å². The maximum Gasteiger partial charge on any atom is 0.166 e. The third-order valence-electron chi connectivity index (χ3n) is 8.76. The molecule has 0 atom stereocenters. The molecule has 0 aliphatic heterocycles. The van der Waals surface area contributed by atoms with Gasteiger partial charge in [0.25, 0.3) is 0 Å². The number of rotatable bonds is 8. The van der Waals surface area contributed by atoms with Gasteiger partial charge >= 0.3 is 0 Å². The van der Waals surface area contributed by atoms with Crippen LogP contribution in [0.25, 0.3) is 6.08 Å². The van der Waals surface area contributed by atoms with Crippen LogP contribution in [0.3, 0.4) is 0 Å². The van der Waals surface area contributed by atoms with E-state index in [4.69, 9.17) is 0 Å². The van der Waals surface area contributed by atoms with Gasteiger partial charge in [-0.05, 0) is 105 Å². The first-order valence-corrected chi connectivity index (χ1v) is 14.1. The molecule has 2 aromatic rings. The highest BCUT2D eigenvalue weighted by Gasteiger charge is 2.27. The lowest BCUT2D eigenvalue weighted by Gasteiger charge is -2.28. The Kier molecular flexibility index (Phi) is 9.30. The molecule has 36 heavy (non-hydrogen) atoms. The average molecular weight is 501 g/mol. The van der Waals surface area contributed by atoms with E-state index in [0.29, 0.717) is 29.0 Å². The SMILES string of the molecule is CCCCc1ccc(C2CCC(/C=C/c3ccc(C4CCC(CC)CC4)c(F)c3F)CC2)c(F)c1F. The smallest absolute Gasteiger partial charge is 0.166 e. The van der Waals surface area contributed by atoms with Gasteiger partial charge in [0.15, 0.2) is 23.3 Å². The fraction of sp³-hybridized carbons (Fsp3) is 0.562. The molecule has 2 saturated carbocycles. The largest absolute Gasteiger partial charge is 0.203 e. The van der Waals surface area contributed by atoms with Gasteiger partial charge in [-0.25, -0.2) is 17.6 Å². The maximum absolute atomic E-state index is 14.9. The van der Waals surface area contributed by atoms with Gasteiger partial charge in [-0.15, -0.1) is 0 Å². The number of aryl methyl sites for hydroxylation is 1. The Morgan fingerprint density at radius 2 is 1.28 bits per heavy atom. The second-order valence-corrected chi connectivity index (χ2v) is 11.0. The van der Waals surface area contributed by atoms with Crippen molar-refractivity contribution in [3.63, 3.8) is 0 Å². The zero-order valence-electron chi connectivity index (χ0n) is 21.8. The normalized spacial score (nSPS) is 24.9. The Hall–Kier alpha value is -2.10. The summed E-state index contributed by atoms with van der Waals surface area (Å²) in [5.41, 5.74) is 1.75. The molecular formula is C32H40F4. The summed E-state index contributed by atoms with van der Waals surface area (Å²) < 4.78 is 59.1. The zero-order chi connectivity index (χ0) is 25.7. The molecule has 0 aromatic heterocycles. The number of halogens is 4.